The van der Waals surface area contributed by atoms with E-state index in [0.717, 1.165) is 36.8 Å². The van der Waals surface area contributed by atoms with Gasteiger partial charge in [-0.25, -0.2) is 9.97 Å². The fourth-order valence-corrected chi connectivity index (χ4v) is 2.99. The molecule has 0 spiro atoms. The number of nitrogens with zero attached hydrogens (tertiary/aromatic N) is 3. The average molecular weight is 287 g/mol. The molecule has 2 aromatic heterocycles. The van der Waals surface area contributed by atoms with Crippen LogP contribution in [0.25, 0.3) is 5.65 Å². The van der Waals surface area contributed by atoms with Gasteiger partial charge in [0.05, 0.1) is 6.20 Å². The highest BCUT2D eigenvalue weighted by molar-refractivity contribution is 5.65. The Kier molecular flexibility index (Phi) is 3.99. The van der Waals surface area contributed by atoms with Gasteiger partial charge in [0, 0.05) is 25.5 Å². The van der Waals surface area contributed by atoms with Crippen molar-refractivity contribution in [2.24, 2.45) is 5.41 Å². The molecule has 1 saturated carbocycles. The van der Waals surface area contributed by atoms with Gasteiger partial charge in [0.1, 0.15) is 5.82 Å². The summed E-state index contributed by atoms with van der Waals surface area (Å²) < 4.78 is 2.03. The van der Waals surface area contributed by atoms with E-state index in [4.69, 9.17) is 4.98 Å². The first-order valence-corrected chi connectivity index (χ1v) is 8.08. The zero-order valence-electron chi connectivity index (χ0n) is 13.0. The van der Waals surface area contributed by atoms with Crippen LogP contribution in [0.2, 0.25) is 0 Å². The van der Waals surface area contributed by atoms with Crippen LogP contribution < -0.4 is 10.6 Å². The molecule has 5 nitrogen and oxygen atoms in total. The molecule has 2 aromatic rings. The van der Waals surface area contributed by atoms with Crippen molar-refractivity contribution in [3.8, 4) is 0 Å². The normalized spacial score (nSPS) is 16.7. The Hall–Kier alpha value is -1.78. The maximum atomic E-state index is 4.70. The molecule has 1 aliphatic carbocycles. The van der Waals surface area contributed by atoms with Crippen LogP contribution in [-0.4, -0.2) is 27.5 Å². The van der Waals surface area contributed by atoms with Crippen LogP contribution in [0.3, 0.4) is 0 Å². The van der Waals surface area contributed by atoms with Crippen molar-refractivity contribution in [3.63, 3.8) is 0 Å². The van der Waals surface area contributed by atoms with Gasteiger partial charge in [0.15, 0.2) is 11.5 Å². The van der Waals surface area contributed by atoms with E-state index in [1.54, 1.807) is 0 Å². The van der Waals surface area contributed by atoms with Gasteiger partial charge >= 0.3 is 0 Å². The quantitative estimate of drug-likeness (QED) is 0.818. The van der Waals surface area contributed by atoms with Gasteiger partial charge < -0.3 is 15.0 Å². The molecule has 0 saturated heterocycles. The number of imidazole rings is 1. The molecule has 1 fully saturated rings. The van der Waals surface area contributed by atoms with Crippen molar-refractivity contribution in [3.05, 3.63) is 18.6 Å². The second-order valence-electron chi connectivity index (χ2n) is 6.12. The van der Waals surface area contributed by atoms with Crippen molar-refractivity contribution < 1.29 is 0 Å². The smallest absolute Gasteiger partial charge is 0.180 e. The third-order valence-electron chi connectivity index (χ3n) is 4.73. The third kappa shape index (κ3) is 2.82. The van der Waals surface area contributed by atoms with E-state index >= 15 is 0 Å². The van der Waals surface area contributed by atoms with Gasteiger partial charge in [-0.2, -0.15) is 0 Å². The SMILES string of the molecule is CCCNc1cn2ccnc2c(NCC2(CC)CCC2)n1. The molecule has 0 amide bonds. The fraction of sp³-hybridized carbons (Fsp3) is 0.625. The Balaban J connectivity index is 1.80. The molecule has 0 bridgehead atoms. The highest BCUT2D eigenvalue weighted by atomic mass is 15.1. The number of fused-ring (bicyclic) bond motifs is 1. The summed E-state index contributed by atoms with van der Waals surface area (Å²) in [6, 6.07) is 0. The van der Waals surface area contributed by atoms with Crippen molar-refractivity contribution in [2.75, 3.05) is 23.7 Å². The number of hydrogen-bond acceptors (Lipinski definition) is 4. The summed E-state index contributed by atoms with van der Waals surface area (Å²) in [6.07, 6.45) is 12.1. The monoisotopic (exact) mass is 287 g/mol. The number of aromatic nitrogens is 3. The molecule has 1 aliphatic rings. The fourth-order valence-electron chi connectivity index (χ4n) is 2.99. The zero-order chi connectivity index (χ0) is 14.7. The van der Waals surface area contributed by atoms with Gasteiger partial charge in [-0.15, -0.1) is 0 Å². The molecule has 21 heavy (non-hydrogen) atoms. The van der Waals surface area contributed by atoms with Crippen molar-refractivity contribution >= 4 is 17.3 Å². The Bertz CT molecular complexity index is 594. The lowest BCUT2D eigenvalue weighted by molar-refractivity contribution is 0.145. The zero-order valence-corrected chi connectivity index (χ0v) is 13.0. The highest BCUT2D eigenvalue weighted by Crippen LogP contribution is 2.43. The molecule has 3 rings (SSSR count). The number of hydrogen-bond donors (Lipinski definition) is 2. The first-order valence-electron chi connectivity index (χ1n) is 8.08. The molecular weight excluding hydrogens is 262 g/mol. The lowest BCUT2D eigenvalue weighted by atomic mass is 9.67. The largest absolute Gasteiger partial charge is 0.369 e. The summed E-state index contributed by atoms with van der Waals surface area (Å²) >= 11 is 0. The number of rotatable bonds is 7. The maximum Gasteiger partial charge on any atom is 0.180 e. The van der Waals surface area contributed by atoms with E-state index in [1.807, 2.05) is 23.0 Å². The van der Waals surface area contributed by atoms with Gasteiger partial charge in [0.25, 0.3) is 0 Å². The Morgan fingerprint density at radius 3 is 2.81 bits per heavy atom. The van der Waals surface area contributed by atoms with Crippen LogP contribution in [0.15, 0.2) is 18.6 Å². The predicted octanol–water partition coefficient (Wildman–Crippen LogP) is 3.54. The minimum atomic E-state index is 0.470. The van der Waals surface area contributed by atoms with E-state index in [2.05, 4.69) is 29.5 Å². The van der Waals surface area contributed by atoms with Gasteiger partial charge in [0.2, 0.25) is 0 Å². The molecule has 0 atom stereocenters. The molecule has 0 aliphatic heterocycles. The molecule has 2 N–H and O–H groups in total. The molecule has 0 unspecified atom stereocenters. The predicted molar refractivity (Wildman–Crippen MR) is 86.8 cm³/mol. The van der Waals surface area contributed by atoms with Crippen LogP contribution >= 0.6 is 0 Å². The van der Waals surface area contributed by atoms with Gasteiger partial charge in [-0.05, 0) is 31.1 Å². The summed E-state index contributed by atoms with van der Waals surface area (Å²) in [6.45, 7) is 6.38. The van der Waals surface area contributed by atoms with Crippen LogP contribution in [0.5, 0.6) is 0 Å². The number of nitrogens with one attached hydrogen (secondary N) is 2. The first kappa shape index (κ1) is 14.2. The van der Waals surface area contributed by atoms with Crippen LogP contribution in [-0.2, 0) is 0 Å². The summed E-state index contributed by atoms with van der Waals surface area (Å²) in [4.78, 5) is 9.12. The minimum absolute atomic E-state index is 0.470. The lowest BCUT2D eigenvalue weighted by Gasteiger charge is -2.41. The van der Waals surface area contributed by atoms with Gasteiger partial charge in [-0.1, -0.05) is 20.3 Å². The molecular formula is C16H25N5. The summed E-state index contributed by atoms with van der Waals surface area (Å²) in [5, 5.41) is 6.91. The molecule has 114 valence electrons. The second kappa shape index (κ2) is 5.92. The van der Waals surface area contributed by atoms with E-state index in [0.29, 0.717) is 5.41 Å². The van der Waals surface area contributed by atoms with E-state index in [1.165, 1.54) is 25.7 Å². The van der Waals surface area contributed by atoms with E-state index in [-0.39, 0.29) is 0 Å². The van der Waals surface area contributed by atoms with E-state index in [9.17, 15) is 0 Å². The Labute approximate surface area is 126 Å². The summed E-state index contributed by atoms with van der Waals surface area (Å²) in [5.41, 5.74) is 1.38. The summed E-state index contributed by atoms with van der Waals surface area (Å²) in [5.74, 6) is 1.80. The maximum absolute atomic E-state index is 4.70. The lowest BCUT2D eigenvalue weighted by Crippen LogP contribution is -2.36. The topological polar surface area (TPSA) is 54.2 Å². The van der Waals surface area contributed by atoms with Crippen molar-refractivity contribution in [1.29, 1.82) is 0 Å². The Morgan fingerprint density at radius 2 is 2.14 bits per heavy atom. The third-order valence-corrected chi connectivity index (χ3v) is 4.73. The van der Waals surface area contributed by atoms with Crippen molar-refractivity contribution in [2.45, 2.75) is 46.0 Å². The Morgan fingerprint density at radius 1 is 1.29 bits per heavy atom. The van der Waals surface area contributed by atoms with E-state index < -0.39 is 0 Å². The molecule has 0 aromatic carbocycles. The van der Waals surface area contributed by atoms with Gasteiger partial charge in [-0.3, -0.25) is 0 Å². The molecule has 2 heterocycles. The second-order valence-corrected chi connectivity index (χ2v) is 6.12. The standard InChI is InChI=1S/C16H25N5/c1-3-8-17-13-11-21-10-9-18-15(21)14(20-13)19-12-16(4-2)6-5-7-16/h9-11,17H,3-8,12H2,1-2H3,(H,19,20). The van der Waals surface area contributed by atoms with Crippen LogP contribution in [0, 0.1) is 5.41 Å². The average Bonchev–Trinajstić information content (AvgIpc) is 2.92. The first-order chi connectivity index (χ1) is 10.3. The number of anilines is 2. The van der Waals surface area contributed by atoms with Crippen LogP contribution in [0.4, 0.5) is 11.6 Å². The highest BCUT2D eigenvalue weighted by Gasteiger charge is 2.34. The minimum Gasteiger partial charge on any atom is -0.369 e. The van der Waals surface area contributed by atoms with Crippen LogP contribution in [0.1, 0.15) is 46.0 Å². The summed E-state index contributed by atoms with van der Waals surface area (Å²) in [7, 11) is 0. The van der Waals surface area contributed by atoms with Crippen molar-refractivity contribution in [1.82, 2.24) is 14.4 Å². The molecule has 0 radical (unpaired) electrons. The molecule has 5 heteroatoms.